The van der Waals surface area contributed by atoms with Crippen molar-refractivity contribution < 1.29 is 14.7 Å². The highest BCUT2D eigenvalue weighted by atomic mass is 16.4. The van der Waals surface area contributed by atoms with E-state index in [1.165, 1.54) is 0 Å². The zero-order chi connectivity index (χ0) is 12.9. The number of rotatable bonds is 6. The second kappa shape index (κ2) is 6.00. The van der Waals surface area contributed by atoms with Crippen molar-refractivity contribution in [2.24, 2.45) is 11.3 Å². The van der Waals surface area contributed by atoms with E-state index in [4.69, 9.17) is 5.11 Å². The van der Waals surface area contributed by atoms with Crippen LogP contribution < -0.4 is 10.6 Å². The van der Waals surface area contributed by atoms with Crippen LogP contribution in [0.25, 0.3) is 0 Å². The lowest BCUT2D eigenvalue weighted by Gasteiger charge is -2.26. The minimum Gasteiger partial charge on any atom is -0.481 e. The topological polar surface area (TPSA) is 78.4 Å². The van der Waals surface area contributed by atoms with E-state index in [0.29, 0.717) is 6.54 Å². The van der Waals surface area contributed by atoms with Crippen molar-refractivity contribution in [1.29, 1.82) is 0 Å². The largest absolute Gasteiger partial charge is 0.481 e. The molecule has 1 aliphatic rings. The fourth-order valence-electron chi connectivity index (χ4n) is 2.22. The number of carbonyl (C=O) groups is 2. The summed E-state index contributed by atoms with van der Waals surface area (Å²) in [6.45, 7) is 5.90. The van der Waals surface area contributed by atoms with E-state index < -0.39 is 5.97 Å². The van der Waals surface area contributed by atoms with Gasteiger partial charge in [-0.1, -0.05) is 13.8 Å². The minimum atomic E-state index is -0.820. The van der Waals surface area contributed by atoms with Gasteiger partial charge in [0, 0.05) is 19.5 Å². The molecule has 17 heavy (non-hydrogen) atoms. The number of carbonyl (C=O) groups excluding carboxylic acids is 1. The summed E-state index contributed by atoms with van der Waals surface area (Å²) in [4.78, 5) is 22.6. The van der Waals surface area contributed by atoms with E-state index in [9.17, 15) is 9.59 Å². The van der Waals surface area contributed by atoms with Gasteiger partial charge in [-0.3, -0.25) is 9.59 Å². The second-order valence-corrected chi connectivity index (χ2v) is 4.97. The number of hydrogen-bond acceptors (Lipinski definition) is 3. The van der Waals surface area contributed by atoms with Crippen molar-refractivity contribution >= 4 is 11.9 Å². The fraction of sp³-hybridized carbons (Fsp3) is 0.833. The fourth-order valence-corrected chi connectivity index (χ4v) is 2.22. The number of aliphatic carboxylic acids is 1. The molecule has 2 unspecified atom stereocenters. The van der Waals surface area contributed by atoms with E-state index in [1.54, 1.807) is 0 Å². The molecule has 0 aromatic rings. The molecular weight excluding hydrogens is 220 g/mol. The maximum Gasteiger partial charge on any atom is 0.303 e. The molecule has 0 aromatic heterocycles. The van der Waals surface area contributed by atoms with Crippen molar-refractivity contribution in [1.82, 2.24) is 10.6 Å². The first kappa shape index (κ1) is 14.0. The third-order valence-corrected chi connectivity index (χ3v) is 3.54. The number of nitrogens with one attached hydrogen (secondary N) is 2. The zero-order valence-corrected chi connectivity index (χ0v) is 10.6. The average Bonchev–Trinajstić information content (AvgIpc) is 2.74. The summed E-state index contributed by atoms with van der Waals surface area (Å²) < 4.78 is 0. The maximum atomic E-state index is 12.1. The van der Waals surface area contributed by atoms with Crippen LogP contribution in [0.4, 0.5) is 0 Å². The highest BCUT2D eigenvalue weighted by Crippen LogP contribution is 2.29. The van der Waals surface area contributed by atoms with E-state index >= 15 is 0 Å². The minimum absolute atomic E-state index is 0.0280. The summed E-state index contributed by atoms with van der Waals surface area (Å²) in [5.74, 6) is -0.790. The third-order valence-electron chi connectivity index (χ3n) is 3.54. The van der Waals surface area contributed by atoms with Gasteiger partial charge in [0.1, 0.15) is 0 Å². The zero-order valence-electron chi connectivity index (χ0n) is 10.6. The Kier molecular flexibility index (Phi) is 4.93. The lowest BCUT2D eigenvalue weighted by Crippen LogP contribution is -2.43. The van der Waals surface area contributed by atoms with Crippen LogP contribution in [-0.4, -0.2) is 36.6 Å². The van der Waals surface area contributed by atoms with Gasteiger partial charge in [-0.05, 0) is 25.3 Å². The van der Waals surface area contributed by atoms with Crippen molar-refractivity contribution in [3.63, 3.8) is 0 Å². The van der Waals surface area contributed by atoms with Gasteiger partial charge in [-0.25, -0.2) is 0 Å². The van der Waals surface area contributed by atoms with Gasteiger partial charge in [0.25, 0.3) is 0 Å². The van der Waals surface area contributed by atoms with Gasteiger partial charge in [0.15, 0.2) is 0 Å². The molecule has 0 bridgehead atoms. The first-order chi connectivity index (χ1) is 8.00. The Labute approximate surface area is 102 Å². The summed E-state index contributed by atoms with van der Waals surface area (Å²) in [6, 6.07) is 0. The summed E-state index contributed by atoms with van der Waals surface area (Å²) in [5.41, 5.74) is -0.289. The SMILES string of the molecule is CCC1(C(=O)NCC(C)CC(=O)O)CCNC1. The Morgan fingerprint density at radius 3 is 2.71 bits per heavy atom. The highest BCUT2D eigenvalue weighted by molar-refractivity contribution is 5.83. The maximum absolute atomic E-state index is 12.1. The van der Waals surface area contributed by atoms with Gasteiger partial charge >= 0.3 is 5.97 Å². The molecule has 3 N–H and O–H groups in total. The molecule has 0 radical (unpaired) electrons. The van der Waals surface area contributed by atoms with E-state index in [0.717, 1.165) is 25.9 Å². The van der Waals surface area contributed by atoms with Gasteiger partial charge in [0.2, 0.25) is 5.91 Å². The smallest absolute Gasteiger partial charge is 0.303 e. The Balaban J connectivity index is 2.40. The number of amides is 1. The van der Waals surface area contributed by atoms with Crippen molar-refractivity contribution in [2.75, 3.05) is 19.6 Å². The van der Waals surface area contributed by atoms with Gasteiger partial charge in [-0.2, -0.15) is 0 Å². The molecule has 0 aliphatic carbocycles. The van der Waals surface area contributed by atoms with Gasteiger partial charge in [-0.15, -0.1) is 0 Å². The molecule has 5 heteroatoms. The molecular formula is C12H22N2O3. The molecule has 0 saturated carbocycles. The van der Waals surface area contributed by atoms with E-state index in [2.05, 4.69) is 10.6 Å². The molecule has 1 aliphatic heterocycles. The van der Waals surface area contributed by atoms with Crippen LogP contribution in [0.5, 0.6) is 0 Å². The Morgan fingerprint density at radius 1 is 1.53 bits per heavy atom. The lowest BCUT2D eigenvalue weighted by molar-refractivity contribution is -0.138. The van der Waals surface area contributed by atoms with Gasteiger partial charge in [0.05, 0.1) is 5.41 Å². The van der Waals surface area contributed by atoms with Crippen LogP contribution >= 0.6 is 0 Å². The Morgan fingerprint density at radius 2 is 2.24 bits per heavy atom. The molecule has 1 fully saturated rings. The Bertz CT molecular complexity index is 285. The molecule has 2 atom stereocenters. The molecule has 0 aromatic carbocycles. The average molecular weight is 242 g/mol. The normalized spacial score (nSPS) is 25.5. The lowest BCUT2D eigenvalue weighted by atomic mass is 9.83. The molecule has 0 spiro atoms. The highest BCUT2D eigenvalue weighted by Gasteiger charge is 2.39. The standard InChI is InChI=1S/C12H22N2O3/c1-3-12(4-5-13-8-12)11(17)14-7-9(2)6-10(15)16/h9,13H,3-8H2,1-2H3,(H,14,17)(H,15,16). The summed E-state index contributed by atoms with van der Waals surface area (Å²) >= 11 is 0. The first-order valence-electron chi connectivity index (χ1n) is 6.21. The molecule has 1 amide bonds. The predicted octanol–water partition coefficient (Wildman–Crippen LogP) is 0.603. The summed E-state index contributed by atoms with van der Waals surface area (Å²) in [5, 5.41) is 14.7. The van der Waals surface area contributed by atoms with Crippen molar-refractivity contribution in [3.8, 4) is 0 Å². The van der Waals surface area contributed by atoms with E-state index in [1.807, 2.05) is 13.8 Å². The number of carboxylic acid groups (broad SMARTS) is 1. The molecule has 1 rings (SSSR count). The molecule has 1 heterocycles. The third kappa shape index (κ3) is 3.70. The second-order valence-electron chi connectivity index (χ2n) is 4.97. The predicted molar refractivity (Wildman–Crippen MR) is 64.6 cm³/mol. The summed E-state index contributed by atoms with van der Waals surface area (Å²) in [6.07, 6.45) is 1.78. The van der Waals surface area contributed by atoms with Crippen LogP contribution in [-0.2, 0) is 9.59 Å². The first-order valence-corrected chi connectivity index (χ1v) is 6.21. The van der Waals surface area contributed by atoms with Gasteiger partial charge < -0.3 is 15.7 Å². The van der Waals surface area contributed by atoms with Crippen LogP contribution in [0.2, 0.25) is 0 Å². The molecule has 1 saturated heterocycles. The van der Waals surface area contributed by atoms with Crippen molar-refractivity contribution in [2.45, 2.75) is 33.1 Å². The Hall–Kier alpha value is -1.10. The van der Waals surface area contributed by atoms with Crippen LogP contribution in [0.3, 0.4) is 0 Å². The monoisotopic (exact) mass is 242 g/mol. The van der Waals surface area contributed by atoms with E-state index in [-0.39, 0.29) is 23.7 Å². The van der Waals surface area contributed by atoms with Crippen LogP contribution in [0.1, 0.15) is 33.1 Å². The molecule has 5 nitrogen and oxygen atoms in total. The van der Waals surface area contributed by atoms with Crippen LogP contribution in [0.15, 0.2) is 0 Å². The summed E-state index contributed by atoms with van der Waals surface area (Å²) in [7, 11) is 0. The van der Waals surface area contributed by atoms with Crippen molar-refractivity contribution in [3.05, 3.63) is 0 Å². The number of carboxylic acids is 1. The van der Waals surface area contributed by atoms with Crippen LogP contribution in [0, 0.1) is 11.3 Å². The molecule has 98 valence electrons. The quantitative estimate of drug-likeness (QED) is 0.637. The number of hydrogen-bond donors (Lipinski definition) is 3.